The van der Waals surface area contributed by atoms with Crippen LogP contribution in [0.3, 0.4) is 0 Å². The van der Waals surface area contributed by atoms with E-state index in [2.05, 4.69) is 16.0 Å². The Bertz CT molecular complexity index is 597. The van der Waals surface area contributed by atoms with Crippen LogP contribution >= 0.6 is 11.6 Å². The number of hydrogen-bond acceptors (Lipinski definition) is 3. The minimum Gasteiger partial charge on any atom is -0.496 e. The van der Waals surface area contributed by atoms with Gasteiger partial charge in [-0.2, -0.15) is 0 Å². The van der Waals surface area contributed by atoms with Crippen LogP contribution in [0, 0.1) is 20.8 Å². The van der Waals surface area contributed by atoms with E-state index < -0.39 is 0 Å². The van der Waals surface area contributed by atoms with Gasteiger partial charge in [-0.3, -0.25) is 0 Å². The minimum atomic E-state index is 0.474. The Morgan fingerprint density at radius 3 is 2.50 bits per heavy atom. The topological polar surface area (TPSA) is 35.0 Å². The smallest absolute Gasteiger partial charge is 0.135 e. The Balaban J connectivity index is 2.74. The van der Waals surface area contributed by atoms with E-state index in [1.807, 2.05) is 26.8 Å². The van der Waals surface area contributed by atoms with Crippen LogP contribution in [-0.2, 0) is 0 Å². The van der Waals surface area contributed by atoms with E-state index in [1.54, 1.807) is 7.11 Å². The molecule has 2 rings (SSSR count). The quantitative estimate of drug-likeness (QED) is 0.774. The number of aryl methyl sites for hydroxylation is 2. The molecule has 0 amide bonds. The number of benzene rings is 1. The Hall–Kier alpha value is -1.61. The van der Waals surface area contributed by atoms with Crippen molar-refractivity contribution in [2.24, 2.45) is 0 Å². The third-order valence-corrected chi connectivity index (χ3v) is 3.30. The zero-order chi connectivity index (χ0) is 13.3. The number of nitrogens with zero attached hydrogens (tertiary/aromatic N) is 2. The summed E-state index contributed by atoms with van der Waals surface area (Å²) in [6.07, 6.45) is 1.48. The second-order valence-electron chi connectivity index (χ2n) is 4.30. The molecule has 0 aliphatic carbocycles. The molecule has 0 fully saturated rings. The summed E-state index contributed by atoms with van der Waals surface area (Å²) in [6.45, 7) is 6.00. The van der Waals surface area contributed by atoms with Crippen LogP contribution in [0.5, 0.6) is 5.75 Å². The summed E-state index contributed by atoms with van der Waals surface area (Å²) >= 11 is 6.05. The highest BCUT2D eigenvalue weighted by molar-refractivity contribution is 6.30. The standard InChI is InChI=1S/C14H15ClN2O/c1-8-5-9(2)12(11(6-8)18-4)13-10(3)14(15)17-7-16-13/h5-7H,1-4H3. The van der Waals surface area contributed by atoms with Crippen LogP contribution in [0.25, 0.3) is 11.3 Å². The van der Waals surface area contributed by atoms with Crippen LogP contribution in [0.15, 0.2) is 18.5 Å². The lowest BCUT2D eigenvalue weighted by Crippen LogP contribution is -1.98. The van der Waals surface area contributed by atoms with Gasteiger partial charge in [0.25, 0.3) is 0 Å². The van der Waals surface area contributed by atoms with Gasteiger partial charge in [0.05, 0.1) is 12.8 Å². The van der Waals surface area contributed by atoms with Crippen LogP contribution in [-0.4, -0.2) is 17.1 Å². The number of ether oxygens (including phenoxy) is 1. The lowest BCUT2D eigenvalue weighted by molar-refractivity contribution is 0.415. The largest absolute Gasteiger partial charge is 0.496 e. The Kier molecular flexibility index (Phi) is 3.53. The zero-order valence-corrected chi connectivity index (χ0v) is 11.7. The molecule has 1 heterocycles. The zero-order valence-electron chi connectivity index (χ0n) is 10.9. The van der Waals surface area contributed by atoms with Gasteiger partial charge in [-0.1, -0.05) is 17.7 Å². The van der Waals surface area contributed by atoms with Crippen molar-refractivity contribution in [2.75, 3.05) is 7.11 Å². The third-order valence-electron chi connectivity index (χ3n) is 2.92. The van der Waals surface area contributed by atoms with E-state index in [9.17, 15) is 0 Å². The van der Waals surface area contributed by atoms with Gasteiger partial charge in [0.15, 0.2) is 0 Å². The van der Waals surface area contributed by atoms with Crippen molar-refractivity contribution < 1.29 is 4.74 Å². The van der Waals surface area contributed by atoms with Gasteiger partial charge >= 0.3 is 0 Å². The molecule has 1 aromatic carbocycles. The Labute approximate surface area is 112 Å². The van der Waals surface area contributed by atoms with Crippen LogP contribution in [0.2, 0.25) is 5.15 Å². The van der Waals surface area contributed by atoms with Crippen molar-refractivity contribution in [3.63, 3.8) is 0 Å². The maximum atomic E-state index is 6.05. The molecule has 0 radical (unpaired) electrons. The first-order valence-electron chi connectivity index (χ1n) is 5.67. The molecule has 18 heavy (non-hydrogen) atoms. The van der Waals surface area contributed by atoms with E-state index in [-0.39, 0.29) is 0 Å². The summed E-state index contributed by atoms with van der Waals surface area (Å²) in [5.74, 6) is 0.811. The van der Waals surface area contributed by atoms with Crippen molar-refractivity contribution >= 4 is 11.6 Å². The lowest BCUT2D eigenvalue weighted by Gasteiger charge is -2.14. The van der Waals surface area contributed by atoms with E-state index in [1.165, 1.54) is 6.33 Å². The summed E-state index contributed by atoms with van der Waals surface area (Å²) in [6, 6.07) is 4.10. The van der Waals surface area contributed by atoms with E-state index in [0.29, 0.717) is 5.15 Å². The third kappa shape index (κ3) is 2.18. The first kappa shape index (κ1) is 12.8. The van der Waals surface area contributed by atoms with E-state index >= 15 is 0 Å². The van der Waals surface area contributed by atoms with Crippen molar-refractivity contribution in [3.8, 4) is 17.0 Å². The molecule has 0 saturated heterocycles. The van der Waals surface area contributed by atoms with E-state index in [0.717, 1.165) is 33.7 Å². The predicted octanol–water partition coefficient (Wildman–Crippen LogP) is 3.73. The van der Waals surface area contributed by atoms with Crippen molar-refractivity contribution in [3.05, 3.63) is 40.3 Å². The monoisotopic (exact) mass is 262 g/mol. The van der Waals surface area contributed by atoms with Crippen molar-refractivity contribution in [2.45, 2.75) is 20.8 Å². The molecule has 4 heteroatoms. The SMILES string of the molecule is COc1cc(C)cc(C)c1-c1ncnc(Cl)c1C. The van der Waals surface area contributed by atoms with Gasteiger partial charge in [-0.15, -0.1) is 0 Å². The lowest BCUT2D eigenvalue weighted by atomic mass is 9.99. The fourth-order valence-electron chi connectivity index (χ4n) is 2.07. The average molecular weight is 263 g/mol. The normalized spacial score (nSPS) is 10.5. The molecule has 0 unspecified atom stereocenters. The number of rotatable bonds is 2. The van der Waals surface area contributed by atoms with Crippen molar-refractivity contribution in [1.82, 2.24) is 9.97 Å². The first-order valence-corrected chi connectivity index (χ1v) is 6.05. The molecule has 0 N–H and O–H groups in total. The molecule has 0 saturated carbocycles. The summed E-state index contributed by atoms with van der Waals surface area (Å²) < 4.78 is 5.45. The second kappa shape index (κ2) is 4.94. The first-order chi connectivity index (χ1) is 8.54. The highest BCUT2D eigenvalue weighted by Crippen LogP contribution is 2.35. The number of hydrogen-bond donors (Lipinski definition) is 0. The highest BCUT2D eigenvalue weighted by Gasteiger charge is 2.15. The second-order valence-corrected chi connectivity index (χ2v) is 4.66. The fraction of sp³-hybridized carbons (Fsp3) is 0.286. The number of methoxy groups -OCH3 is 1. The van der Waals surface area contributed by atoms with Gasteiger partial charge in [0.1, 0.15) is 17.2 Å². The maximum absolute atomic E-state index is 6.05. The summed E-state index contributed by atoms with van der Waals surface area (Å²) in [5.41, 5.74) is 4.94. The van der Waals surface area contributed by atoms with Crippen LogP contribution < -0.4 is 4.74 Å². The predicted molar refractivity (Wildman–Crippen MR) is 73.2 cm³/mol. The van der Waals surface area contributed by atoms with Gasteiger partial charge in [-0.05, 0) is 38.0 Å². The maximum Gasteiger partial charge on any atom is 0.135 e. The van der Waals surface area contributed by atoms with Crippen molar-refractivity contribution in [1.29, 1.82) is 0 Å². The van der Waals surface area contributed by atoms with E-state index in [4.69, 9.17) is 16.3 Å². The van der Waals surface area contributed by atoms with Gasteiger partial charge in [0, 0.05) is 11.1 Å². The van der Waals surface area contributed by atoms with Crippen LogP contribution in [0.4, 0.5) is 0 Å². The van der Waals surface area contributed by atoms with Gasteiger partial charge in [0.2, 0.25) is 0 Å². The van der Waals surface area contributed by atoms with Crippen LogP contribution in [0.1, 0.15) is 16.7 Å². The summed E-state index contributed by atoms with van der Waals surface area (Å²) in [5, 5.41) is 0.474. The molecular weight excluding hydrogens is 248 g/mol. The molecule has 94 valence electrons. The Morgan fingerprint density at radius 1 is 1.11 bits per heavy atom. The van der Waals surface area contributed by atoms with Gasteiger partial charge in [-0.25, -0.2) is 9.97 Å². The summed E-state index contributed by atoms with van der Waals surface area (Å²) in [4.78, 5) is 8.31. The number of aromatic nitrogens is 2. The molecule has 0 aliphatic heterocycles. The summed E-state index contributed by atoms with van der Waals surface area (Å²) in [7, 11) is 1.66. The molecule has 0 spiro atoms. The molecule has 3 nitrogen and oxygen atoms in total. The average Bonchev–Trinajstić information content (AvgIpc) is 2.32. The molecule has 0 bridgehead atoms. The molecule has 2 aromatic rings. The molecular formula is C14H15ClN2O. The molecule has 1 aromatic heterocycles. The Morgan fingerprint density at radius 2 is 1.83 bits per heavy atom. The minimum absolute atomic E-state index is 0.474. The molecule has 0 atom stereocenters. The highest BCUT2D eigenvalue weighted by atomic mass is 35.5. The number of halogens is 1. The van der Waals surface area contributed by atoms with Gasteiger partial charge < -0.3 is 4.74 Å². The molecule has 0 aliphatic rings. The fourth-order valence-corrected chi connectivity index (χ4v) is 2.21.